The maximum atomic E-state index is 10.0. The first-order valence-corrected chi connectivity index (χ1v) is 5.93. The van der Waals surface area contributed by atoms with Crippen molar-refractivity contribution in [3.8, 4) is 0 Å². The largest absolute Gasteiger partial charge is 0.393 e. The number of unbranched alkanes of at least 4 members (excludes halogenated alkanes) is 1. The molecule has 0 unspecified atom stereocenters. The molecule has 1 aliphatic rings. The topological polar surface area (TPSA) is 20.2 Å². The van der Waals surface area contributed by atoms with Gasteiger partial charge in [0.25, 0.3) is 0 Å². The second-order valence-corrected chi connectivity index (χ2v) is 4.58. The van der Waals surface area contributed by atoms with Gasteiger partial charge in [0, 0.05) is 0 Å². The van der Waals surface area contributed by atoms with Crippen LogP contribution in [0.4, 0.5) is 0 Å². The van der Waals surface area contributed by atoms with Gasteiger partial charge in [0.15, 0.2) is 0 Å². The Kier molecular flexibility index (Phi) is 4.24. The molecule has 1 heteroatoms. The fraction of sp³-hybridized carbons (Fsp3) is 1.00. The number of hydrogen-bond acceptors (Lipinski definition) is 1. The summed E-state index contributed by atoms with van der Waals surface area (Å²) in [6, 6.07) is 0. The maximum absolute atomic E-state index is 10.0. The van der Waals surface area contributed by atoms with Crippen LogP contribution in [0.2, 0.25) is 0 Å². The van der Waals surface area contributed by atoms with Crippen LogP contribution in [-0.4, -0.2) is 11.2 Å². The lowest BCUT2D eigenvalue weighted by Gasteiger charge is -2.41. The molecule has 78 valence electrons. The van der Waals surface area contributed by atoms with Gasteiger partial charge < -0.3 is 5.11 Å². The van der Waals surface area contributed by atoms with Crippen LogP contribution in [-0.2, 0) is 0 Å². The normalized spacial score (nSPS) is 34.8. The molecule has 0 aromatic rings. The molecule has 1 aliphatic carbocycles. The Morgan fingerprint density at radius 1 is 1.31 bits per heavy atom. The first-order chi connectivity index (χ1) is 6.25. The van der Waals surface area contributed by atoms with E-state index in [4.69, 9.17) is 0 Å². The molecule has 0 spiro atoms. The second-order valence-electron chi connectivity index (χ2n) is 4.58. The summed E-state index contributed by atoms with van der Waals surface area (Å²) in [5, 5.41) is 10.0. The summed E-state index contributed by atoms with van der Waals surface area (Å²) >= 11 is 0. The molecule has 0 radical (unpaired) electrons. The monoisotopic (exact) mass is 184 g/mol. The van der Waals surface area contributed by atoms with Crippen molar-refractivity contribution in [1.82, 2.24) is 0 Å². The van der Waals surface area contributed by atoms with Gasteiger partial charge in [-0.25, -0.2) is 0 Å². The predicted octanol–water partition coefficient (Wildman–Crippen LogP) is 3.51. The lowest BCUT2D eigenvalue weighted by Crippen LogP contribution is -2.37. The zero-order valence-corrected chi connectivity index (χ0v) is 9.18. The Bertz CT molecular complexity index is 144. The molecule has 0 bridgehead atoms. The summed E-state index contributed by atoms with van der Waals surface area (Å²) in [7, 11) is 0. The van der Waals surface area contributed by atoms with E-state index in [1.165, 1.54) is 38.5 Å². The van der Waals surface area contributed by atoms with Crippen molar-refractivity contribution in [2.75, 3.05) is 0 Å². The van der Waals surface area contributed by atoms with Crippen molar-refractivity contribution in [1.29, 1.82) is 0 Å². The Morgan fingerprint density at radius 3 is 2.62 bits per heavy atom. The van der Waals surface area contributed by atoms with E-state index >= 15 is 0 Å². The Morgan fingerprint density at radius 2 is 2.08 bits per heavy atom. The van der Waals surface area contributed by atoms with Crippen molar-refractivity contribution in [3.63, 3.8) is 0 Å². The molecule has 1 rings (SSSR count). The summed E-state index contributed by atoms with van der Waals surface area (Å²) in [5.41, 5.74) is 0.286. The van der Waals surface area contributed by atoms with Crippen molar-refractivity contribution >= 4 is 0 Å². The Hall–Kier alpha value is -0.0400. The summed E-state index contributed by atoms with van der Waals surface area (Å²) in [6.07, 6.45) is 9.78. The van der Waals surface area contributed by atoms with Gasteiger partial charge in [0.05, 0.1) is 6.10 Å². The number of aliphatic hydroxyl groups is 1. The van der Waals surface area contributed by atoms with Crippen molar-refractivity contribution in [2.45, 2.75) is 71.3 Å². The zero-order valence-electron chi connectivity index (χ0n) is 9.18. The highest BCUT2D eigenvalue weighted by Gasteiger charge is 2.37. The van der Waals surface area contributed by atoms with Gasteiger partial charge in [-0.2, -0.15) is 0 Å². The number of aliphatic hydroxyl groups excluding tert-OH is 1. The fourth-order valence-corrected chi connectivity index (χ4v) is 2.70. The third kappa shape index (κ3) is 2.46. The van der Waals surface area contributed by atoms with E-state index in [2.05, 4.69) is 13.8 Å². The third-order valence-electron chi connectivity index (χ3n) is 3.84. The van der Waals surface area contributed by atoms with Gasteiger partial charge in [-0.1, -0.05) is 39.5 Å². The molecule has 0 saturated heterocycles. The summed E-state index contributed by atoms with van der Waals surface area (Å²) < 4.78 is 0. The van der Waals surface area contributed by atoms with Crippen LogP contribution in [0.25, 0.3) is 0 Å². The molecule has 13 heavy (non-hydrogen) atoms. The van der Waals surface area contributed by atoms with Gasteiger partial charge in [-0.15, -0.1) is 0 Å². The molecular formula is C12H24O. The molecule has 1 N–H and O–H groups in total. The average Bonchev–Trinajstić information content (AvgIpc) is 2.17. The quantitative estimate of drug-likeness (QED) is 0.709. The highest BCUT2D eigenvalue weighted by Crippen LogP contribution is 2.43. The highest BCUT2D eigenvalue weighted by atomic mass is 16.3. The van der Waals surface area contributed by atoms with Crippen LogP contribution in [0.5, 0.6) is 0 Å². The third-order valence-corrected chi connectivity index (χ3v) is 3.84. The summed E-state index contributed by atoms with van der Waals surface area (Å²) in [5.74, 6) is 0. The van der Waals surface area contributed by atoms with E-state index in [-0.39, 0.29) is 11.5 Å². The molecule has 0 aromatic carbocycles. The molecule has 1 fully saturated rings. The van der Waals surface area contributed by atoms with Crippen LogP contribution < -0.4 is 0 Å². The highest BCUT2D eigenvalue weighted by molar-refractivity contribution is 4.88. The first-order valence-electron chi connectivity index (χ1n) is 5.93. The summed E-state index contributed by atoms with van der Waals surface area (Å²) in [4.78, 5) is 0. The molecule has 0 aromatic heterocycles. The predicted molar refractivity (Wildman–Crippen MR) is 56.7 cm³/mol. The Labute approximate surface area is 82.5 Å². The molecule has 1 nitrogen and oxygen atoms in total. The van der Waals surface area contributed by atoms with Crippen LogP contribution in [0.3, 0.4) is 0 Å². The van der Waals surface area contributed by atoms with Crippen LogP contribution >= 0.6 is 0 Å². The van der Waals surface area contributed by atoms with Gasteiger partial charge in [0.1, 0.15) is 0 Å². The standard InChI is InChI=1S/C12H24O/c1-3-5-9-12(4-2)10-7-6-8-11(12)13/h11,13H,3-10H2,1-2H3/t11-,12+/m0/s1. The number of rotatable bonds is 4. The fourth-order valence-electron chi connectivity index (χ4n) is 2.70. The lowest BCUT2D eigenvalue weighted by molar-refractivity contribution is -0.0221. The van der Waals surface area contributed by atoms with E-state index in [9.17, 15) is 5.11 Å². The second kappa shape index (κ2) is 4.99. The van der Waals surface area contributed by atoms with Gasteiger partial charge in [-0.3, -0.25) is 0 Å². The van der Waals surface area contributed by atoms with Gasteiger partial charge in [-0.05, 0) is 31.1 Å². The number of hydrogen-bond donors (Lipinski definition) is 1. The molecule has 2 atom stereocenters. The van der Waals surface area contributed by atoms with Gasteiger partial charge >= 0.3 is 0 Å². The summed E-state index contributed by atoms with van der Waals surface area (Å²) in [6.45, 7) is 4.47. The van der Waals surface area contributed by atoms with Gasteiger partial charge in [0.2, 0.25) is 0 Å². The van der Waals surface area contributed by atoms with E-state index in [0.717, 1.165) is 12.8 Å². The van der Waals surface area contributed by atoms with E-state index < -0.39 is 0 Å². The van der Waals surface area contributed by atoms with Crippen LogP contribution in [0.15, 0.2) is 0 Å². The molecule has 0 aliphatic heterocycles. The Balaban J connectivity index is 2.53. The molecule has 0 amide bonds. The van der Waals surface area contributed by atoms with E-state index in [1.54, 1.807) is 0 Å². The van der Waals surface area contributed by atoms with Crippen molar-refractivity contribution < 1.29 is 5.11 Å². The first kappa shape index (κ1) is 11.0. The van der Waals surface area contributed by atoms with Crippen molar-refractivity contribution in [3.05, 3.63) is 0 Å². The van der Waals surface area contributed by atoms with E-state index in [0.29, 0.717) is 0 Å². The smallest absolute Gasteiger partial charge is 0.0596 e. The average molecular weight is 184 g/mol. The van der Waals surface area contributed by atoms with Crippen LogP contribution in [0.1, 0.15) is 65.2 Å². The maximum Gasteiger partial charge on any atom is 0.0596 e. The minimum absolute atomic E-state index is 0.0159. The minimum Gasteiger partial charge on any atom is -0.393 e. The molecular weight excluding hydrogens is 160 g/mol. The molecule has 0 heterocycles. The zero-order chi connectivity index (χ0) is 9.73. The molecule has 1 saturated carbocycles. The lowest BCUT2D eigenvalue weighted by atomic mass is 9.67. The minimum atomic E-state index is -0.0159. The van der Waals surface area contributed by atoms with E-state index in [1.807, 2.05) is 0 Å². The van der Waals surface area contributed by atoms with Crippen LogP contribution in [0, 0.1) is 5.41 Å². The van der Waals surface area contributed by atoms with Crippen molar-refractivity contribution in [2.24, 2.45) is 5.41 Å². The SMILES string of the molecule is CCCC[C@]1(CC)CCCC[C@@H]1O.